The molecule has 2 aliphatic rings. The standard InChI is InChI=1S/C26H34F2N8O4/c1-38-14-15-40-16-21(37)29-17-6-8-18(9-7-17)30-24-32-25(35-10-12-39-13-11-35)34-26(33-24)36-20-5-3-2-4-19(20)31-23(36)22(27)28/h2-5,17-18,22H,6-16H2,1H3,(H,29,37)(H,30,32,33,34)/t17-,18-. The Hall–Kier alpha value is -3.49. The Labute approximate surface area is 230 Å². The number of morpholine rings is 1. The van der Waals surface area contributed by atoms with Crippen LogP contribution in [0, 0.1) is 0 Å². The molecule has 1 aromatic carbocycles. The molecule has 5 rings (SSSR count). The highest BCUT2D eigenvalue weighted by molar-refractivity contribution is 5.78. The normalized spacial score (nSPS) is 19.8. The number of halogens is 2. The maximum atomic E-state index is 14.1. The van der Waals surface area contributed by atoms with Crippen LogP contribution in [0.15, 0.2) is 24.3 Å². The number of rotatable bonds is 11. The van der Waals surface area contributed by atoms with E-state index in [0.717, 1.165) is 25.7 Å². The van der Waals surface area contributed by atoms with Crippen LogP contribution in [0.25, 0.3) is 17.0 Å². The number of imidazole rings is 1. The van der Waals surface area contributed by atoms with Gasteiger partial charge >= 0.3 is 0 Å². The third kappa shape index (κ3) is 6.80. The van der Waals surface area contributed by atoms with Crippen molar-refractivity contribution in [3.05, 3.63) is 30.1 Å². The van der Waals surface area contributed by atoms with Gasteiger partial charge in [0.1, 0.15) is 6.61 Å². The van der Waals surface area contributed by atoms with Crippen molar-refractivity contribution in [2.75, 3.05) is 63.5 Å². The van der Waals surface area contributed by atoms with E-state index in [2.05, 4.69) is 30.6 Å². The SMILES string of the molecule is COCCOCC(=O)N[C@H]1CC[C@H](Nc2nc(N3CCOCC3)nc(-n3c(C(F)F)nc4ccccc43)n2)CC1. The maximum absolute atomic E-state index is 14.1. The highest BCUT2D eigenvalue weighted by atomic mass is 19.3. The molecule has 2 N–H and O–H groups in total. The van der Waals surface area contributed by atoms with Gasteiger partial charge in [-0.05, 0) is 37.8 Å². The van der Waals surface area contributed by atoms with Gasteiger partial charge in [-0.2, -0.15) is 15.0 Å². The van der Waals surface area contributed by atoms with Crippen molar-refractivity contribution in [3.8, 4) is 5.95 Å². The largest absolute Gasteiger partial charge is 0.382 e. The molecule has 12 nitrogen and oxygen atoms in total. The summed E-state index contributed by atoms with van der Waals surface area (Å²) in [6.07, 6.45) is 0.289. The van der Waals surface area contributed by atoms with Crippen molar-refractivity contribution in [1.29, 1.82) is 0 Å². The Morgan fingerprint density at radius 1 is 1.02 bits per heavy atom. The summed E-state index contributed by atoms with van der Waals surface area (Å²) in [5, 5.41) is 6.41. The maximum Gasteiger partial charge on any atom is 0.296 e. The molecule has 1 aliphatic carbocycles. The Balaban J connectivity index is 1.33. The minimum absolute atomic E-state index is 0.00300. The molecule has 3 heterocycles. The minimum Gasteiger partial charge on any atom is -0.382 e. The summed E-state index contributed by atoms with van der Waals surface area (Å²) < 4.78 is 45.1. The number of aromatic nitrogens is 5. The lowest BCUT2D eigenvalue weighted by Gasteiger charge is -2.30. The highest BCUT2D eigenvalue weighted by Gasteiger charge is 2.27. The molecule has 1 amide bonds. The highest BCUT2D eigenvalue weighted by Crippen LogP contribution is 2.28. The molecule has 2 aromatic heterocycles. The first-order valence-corrected chi connectivity index (χ1v) is 13.5. The van der Waals surface area contributed by atoms with Crippen LogP contribution in [0.4, 0.5) is 20.7 Å². The number of fused-ring (bicyclic) bond motifs is 1. The molecule has 1 aliphatic heterocycles. The van der Waals surface area contributed by atoms with Gasteiger partial charge in [-0.3, -0.25) is 9.36 Å². The number of amides is 1. The molecular weight excluding hydrogens is 526 g/mol. The molecule has 0 radical (unpaired) electrons. The smallest absolute Gasteiger partial charge is 0.296 e. The van der Waals surface area contributed by atoms with Gasteiger partial charge in [0.2, 0.25) is 23.8 Å². The van der Waals surface area contributed by atoms with Crippen molar-refractivity contribution in [2.24, 2.45) is 0 Å². The Morgan fingerprint density at radius 3 is 2.50 bits per heavy atom. The zero-order valence-electron chi connectivity index (χ0n) is 22.4. The molecule has 40 heavy (non-hydrogen) atoms. The summed E-state index contributed by atoms with van der Waals surface area (Å²) in [4.78, 5) is 32.1. The second-order valence-corrected chi connectivity index (χ2v) is 9.76. The number of hydrogen-bond acceptors (Lipinski definition) is 10. The molecule has 2 fully saturated rings. The number of nitrogens with zero attached hydrogens (tertiary/aromatic N) is 6. The van der Waals surface area contributed by atoms with Gasteiger partial charge in [0.15, 0.2) is 5.82 Å². The van der Waals surface area contributed by atoms with E-state index in [1.165, 1.54) is 4.57 Å². The molecular formula is C26H34F2N8O4. The van der Waals surface area contributed by atoms with Gasteiger partial charge in [-0.25, -0.2) is 13.8 Å². The number of ether oxygens (including phenoxy) is 3. The van der Waals surface area contributed by atoms with Crippen LogP contribution >= 0.6 is 0 Å². The fourth-order valence-corrected chi connectivity index (χ4v) is 4.97. The molecule has 1 saturated carbocycles. The van der Waals surface area contributed by atoms with Crippen molar-refractivity contribution in [3.63, 3.8) is 0 Å². The number of anilines is 2. The number of hydrogen-bond donors (Lipinski definition) is 2. The number of benzene rings is 1. The van der Waals surface area contributed by atoms with E-state index in [9.17, 15) is 13.6 Å². The summed E-state index contributed by atoms with van der Waals surface area (Å²) in [7, 11) is 1.58. The number of methoxy groups -OCH3 is 1. The Kier molecular flexibility index (Phi) is 9.29. The Morgan fingerprint density at radius 2 is 1.75 bits per heavy atom. The van der Waals surface area contributed by atoms with Crippen LogP contribution in [0.2, 0.25) is 0 Å². The van der Waals surface area contributed by atoms with E-state index < -0.39 is 12.2 Å². The van der Waals surface area contributed by atoms with Gasteiger partial charge < -0.3 is 29.7 Å². The number of para-hydroxylation sites is 2. The van der Waals surface area contributed by atoms with Crippen molar-refractivity contribution < 1.29 is 27.8 Å². The molecule has 0 unspecified atom stereocenters. The summed E-state index contributed by atoms with van der Waals surface area (Å²) in [6.45, 7) is 3.01. The van der Waals surface area contributed by atoms with Gasteiger partial charge in [-0.1, -0.05) is 12.1 Å². The van der Waals surface area contributed by atoms with Crippen molar-refractivity contribution >= 4 is 28.8 Å². The van der Waals surface area contributed by atoms with Gasteiger partial charge in [0, 0.05) is 32.3 Å². The molecule has 0 atom stereocenters. The van der Waals surface area contributed by atoms with E-state index in [1.54, 1.807) is 31.4 Å². The summed E-state index contributed by atoms with van der Waals surface area (Å²) in [5.74, 6) is 0.213. The third-order valence-corrected chi connectivity index (χ3v) is 6.98. The molecule has 14 heteroatoms. The number of alkyl halides is 2. The van der Waals surface area contributed by atoms with E-state index in [1.807, 2.05) is 4.90 Å². The van der Waals surface area contributed by atoms with Crippen molar-refractivity contribution in [2.45, 2.75) is 44.2 Å². The average molecular weight is 561 g/mol. The average Bonchev–Trinajstić information content (AvgIpc) is 3.37. The molecule has 0 spiro atoms. The lowest BCUT2D eigenvalue weighted by atomic mass is 9.91. The first kappa shape index (κ1) is 28.1. The fourth-order valence-electron chi connectivity index (χ4n) is 4.97. The molecule has 3 aromatic rings. The predicted octanol–water partition coefficient (Wildman–Crippen LogP) is 2.49. The van der Waals surface area contributed by atoms with E-state index in [0.29, 0.717) is 62.4 Å². The van der Waals surface area contributed by atoms with E-state index in [-0.39, 0.29) is 30.5 Å². The molecule has 1 saturated heterocycles. The monoisotopic (exact) mass is 560 g/mol. The third-order valence-electron chi connectivity index (χ3n) is 6.98. The Bertz CT molecular complexity index is 1280. The van der Waals surface area contributed by atoms with Gasteiger partial charge in [0.05, 0.1) is 37.5 Å². The summed E-state index contributed by atoms with van der Waals surface area (Å²) in [6, 6.07) is 7.03. The lowest BCUT2D eigenvalue weighted by molar-refractivity contribution is -0.127. The van der Waals surface area contributed by atoms with Gasteiger partial charge in [-0.15, -0.1) is 0 Å². The van der Waals surface area contributed by atoms with E-state index in [4.69, 9.17) is 14.2 Å². The number of carbonyl (C=O) groups excluding carboxylic acids is 1. The van der Waals surface area contributed by atoms with Crippen LogP contribution < -0.4 is 15.5 Å². The van der Waals surface area contributed by atoms with E-state index >= 15 is 0 Å². The van der Waals surface area contributed by atoms with Crippen LogP contribution in [0.5, 0.6) is 0 Å². The van der Waals surface area contributed by atoms with Crippen LogP contribution in [-0.2, 0) is 19.0 Å². The van der Waals surface area contributed by atoms with Crippen LogP contribution in [0.3, 0.4) is 0 Å². The second kappa shape index (κ2) is 13.2. The first-order chi connectivity index (χ1) is 19.5. The number of nitrogens with one attached hydrogen (secondary N) is 2. The van der Waals surface area contributed by atoms with Gasteiger partial charge in [0.25, 0.3) is 6.43 Å². The fraction of sp³-hybridized carbons (Fsp3) is 0.577. The summed E-state index contributed by atoms with van der Waals surface area (Å²) >= 11 is 0. The topological polar surface area (TPSA) is 129 Å². The molecule has 0 bridgehead atoms. The number of carbonyl (C=O) groups is 1. The summed E-state index contributed by atoms with van der Waals surface area (Å²) in [5.41, 5.74) is 0.926. The van der Waals surface area contributed by atoms with Crippen molar-refractivity contribution in [1.82, 2.24) is 29.8 Å². The minimum atomic E-state index is -2.82. The quantitative estimate of drug-likeness (QED) is 0.338. The zero-order valence-corrected chi connectivity index (χ0v) is 22.4. The lowest BCUT2D eigenvalue weighted by Crippen LogP contribution is -2.42. The molecule has 216 valence electrons. The predicted molar refractivity (Wildman–Crippen MR) is 143 cm³/mol. The second-order valence-electron chi connectivity index (χ2n) is 9.76. The van der Waals surface area contributed by atoms with Crippen LogP contribution in [-0.4, -0.2) is 95.7 Å². The zero-order chi connectivity index (χ0) is 27.9. The van der Waals surface area contributed by atoms with Crippen LogP contribution in [0.1, 0.15) is 37.9 Å². The first-order valence-electron chi connectivity index (χ1n) is 13.5.